The van der Waals surface area contributed by atoms with Crippen LogP contribution < -0.4 is 5.43 Å². The van der Waals surface area contributed by atoms with E-state index in [2.05, 4.69) is 0 Å². The normalized spacial score (nSPS) is 10.3. The topological polar surface area (TPSA) is 87.7 Å². The largest absolute Gasteiger partial charge is 0.502 e. The Morgan fingerprint density at radius 3 is 2.39 bits per heavy atom. The van der Waals surface area contributed by atoms with Crippen molar-refractivity contribution in [2.75, 3.05) is 0 Å². The van der Waals surface area contributed by atoms with E-state index in [-0.39, 0.29) is 5.76 Å². The fourth-order valence-electron chi connectivity index (χ4n) is 1.39. The average molecular weight is 267 g/mol. The van der Waals surface area contributed by atoms with Crippen LogP contribution in [0.2, 0.25) is 5.02 Å². The number of hydrogen-bond acceptors (Lipinski definition) is 4. The molecule has 0 aliphatic heterocycles. The van der Waals surface area contributed by atoms with Gasteiger partial charge in [0.05, 0.1) is 0 Å². The van der Waals surface area contributed by atoms with Gasteiger partial charge >= 0.3 is 5.97 Å². The van der Waals surface area contributed by atoms with Gasteiger partial charge in [0.1, 0.15) is 0 Å². The zero-order chi connectivity index (χ0) is 13.3. The second-order valence-electron chi connectivity index (χ2n) is 3.46. The van der Waals surface area contributed by atoms with Gasteiger partial charge < -0.3 is 14.6 Å². The number of carbonyl (C=O) groups is 1. The van der Waals surface area contributed by atoms with Gasteiger partial charge in [-0.05, 0) is 24.3 Å². The Morgan fingerprint density at radius 2 is 1.83 bits per heavy atom. The van der Waals surface area contributed by atoms with Gasteiger partial charge in [0.25, 0.3) is 0 Å². The molecule has 1 aromatic heterocycles. The molecule has 92 valence electrons. The number of aromatic carboxylic acids is 1. The smallest absolute Gasteiger partial charge is 0.371 e. The molecule has 2 N–H and O–H groups in total. The average Bonchev–Trinajstić information content (AvgIpc) is 2.33. The third-order valence-corrected chi connectivity index (χ3v) is 2.49. The van der Waals surface area contributed by atoms with Gasteiger partial charge in [0.2, 0.25) is 16.9 Å². The molecule has 0 bridgehead atoms. The minimum absolute atomic E-state index is 0.198. The van der Waals surface area contributed by atoms with E-state index in [0.29, 0.717) is 10.6 Å². The van der Waals surface area contributed by atoms with Gasteiger partial charge in [-0.2, -0.15) is 0 Å². The Morgan fingerprint density at radius 1 is 1.22 bits per heavy atom. The van der Waals surface area contributed by atoms with Crippen molar-refractivity contribution in [1.82, 2.24) is 0 Å². The first-order valence-electron chi connectivity index (χ1n) is 4.85. The minimum Gasteiger partial charge on any atom is -0.502 e. The van der Waals surface area contributed by atoms with E-state index < -0.39 is 22.9 Å². The van der Waals surface area contributed by atoms with Crippen molar-refractivity contribution in [2.45, 2.75) is 0 Å². The van der Waals surface area contributed by atoms with Crippen molar-refractivity contribution in [2.24, 2.45) is 0 Å². The van der Waals surface area contributed by atoms with Crippen LogP contribution in [0.5, 0.6) is 5.75 Å². The van der Waals surface area contributed by atoms with Gasteiger partial charge in [0, 0.05) is 16.7 Å². The molecule has 2 rings (SSSR count). The maximum Gasteiger partial charge on any atom is 0.371 e. The minimum atomic E-state index is -1.39. The van der Waals surface area contributed by atoms with E-state index >= 15 is 0 Å². The van der Waals surface area contributed by atoms with Crippen LogP contribution in [0.3, 0.4) is 0 Å². The SMILES string of the molecule is O=C(O)c1cc(=O)c(O)c(-c2ccc(Cl)cc2)o1. The van der Waals surface area contributed by atoms with Crippen molar-refractivity contribution in [3.8, 4) is 17.1 Å². The quantitative estimate of drug-likeness (QED) is 0.871. The molecule has 0 unspecified atom stereocenters. The number of aromatic hydroxyl groups is 1. The van der Waals surface area contributed by atoms with E-state index in [1.807, 2.05) is 0 Å². The molecule has 0 amide bonds. The summed E-state index contributed by atoms with van der Waals surface area (Å²) in [6.45, 7) is 0. The van der Waals surface area contributed by atoms with Gasteiger partial charge in [0.15, 0.2) is 5.76 Å². The molecule has 5 nitrogen and oxygen atoms in total. The lowest BCUT2D eigenvalue weighted by molar-refractivity contribution is 0.0660. The zero-order valence-corrected chi connectivity index (χ0v) is 9.64. The molecule has 0 aliphatic carbocycles. The van der Waals surface area contributed by atoms with Crippen molar-refractivity contribution in [1.29, 1.82) is 0 Å². The molecule has 0 atom stereocenters. The Hall–Kier alpha value is -2.27. The highest BCUT2D eigenvalue weighted by Crippen LogP contribution is 2.28. The standard InChI is InChI=1S/C12H7ClO5/c13-7-3-1-6(2-4-7)11-10(15)8(14)5-9(18-11)12(16)17/h1-5,15H,(H,16,17). The lowest BCUT2D eigenvalue weighted by atomic mass is 10.1. The van der Waals surface area contributed by atoms with Gasteiger partial charge in [-0.15, -0.1) is 0 Å². The van der Waals surface area contributed by atoms with Crippen LogP contribution in [0.4, 0.5) is 0 Å². The van der Waals surface area contributed by atoms with Crippen molar-refractivity contribution < 1.29 is 19.4 Å². The molecule has 0 fully saturated rings. The number of benzene rings is 1. The number of rotatable bonds is 2. The van der Waals surface area contributed by atoms with Crippen LogP contribution in [0.25, 0.3) is 11.3 Å². The molecule has 0 saturated heterocycles. The summed E-state index contributed by atoms with van der Waals surface area (Å²) in [4.78, 5) is 22.2. The molecule has 0 radical (unpaired) electrons. The summed E-state index contributed by atoms with van der Waals surface area (Å²) in [7, 11) is 0. The highest BCUT2D eigenvalue weighted by atomic mass is 35.5. The van der Waals surface area contributed by atoms with E-state index in [1.165, 1.54) is 24.3 Å². The van der Waals surface area contributed by atoms with E-state index in [9.17, 15) is 14.7 Å². The molecular formula is C12H7ClO5. The molecule has 2 aromatic rings. The molecule has 18 heavy (non-hydrogen) atoms. The molecule has 0 saturated carbocycles. The zero-order valence-electron chi connectivity index (χ0n) is 8.88. The molecule has 0 aliphatic rings. The summed E-state index contributed by atoms with van der Waals surface area (Å²) in [6.07, 6.45) is 0. The fourth-order valence-corrected chi connectivity index (χ4v) is 1.52. The molecule has 1 heterocycles. The maximum absolute atomic E-state index is 11.4. The molecule has 0 spiro atoms. The van der Waals surface area contributed by atoms with Crippen molar-refractivity contribution in [3.05, 3.63) is 51.3 Å². The number of carboxylic acid groups (broad SMARTS) is 1. The Bertz CT molecular complexity index is 657. The lowest BCUT2D eigenvalue weighted by Crippen LogP contribution is -2.06. The van der Waals surface area contributed by atoms with Crippen LogP contribution in [0, 0.1) is 0 Å². The first kappa shape index (κ1) is 12.2. The predicted octanol–water partition coefficient (Wildman–Crippen LogP) is 2.36. The van der Waals surface area contributed by atoms with E-state index in [1.54, 1.807) is 0 Å². The van der Waals surface area contributed by atoms with Gasteiger partial charge in [-0.1, -0.05) is 11.6 Å². The van der Waals surface area contributed by atoms with Crippen LogP contribution in [-0.2, 0) is 0 Å². The number of halogens is 1. The summed E-state index contributed by atoms with van der Waals surface area (Å²) in [5.41, 5.74) is -0.458. The molecular weight excluding hydrogens is 260 g/mol. The maximum atomic E-state index is 11.4. The van der Waals surface area contributed by atoms with Gasteiger partial charge in [-0.3, -0.25) is 4.79 Å². The first-order chi connectivity index (χ1) is 8.49. The van der Waals surface area contributed by atoms with Crippen LogP contribution in [-0.4, -0.2) is 16.2 Å². The van der Waals surface area contributed by atoms with E-state index in [4.69, 9.17) is 21.1 Å². The third kappa shape index (κ3) is 2.21. The third-order valence-electron chi connectivity index (χ3n) is 2.24. The fraction of sp³-hybridized carbons (Fsp3) is 0. The Labute approximate surface area is 106 Å². The van der Waals surface area contributed by atoms with E-state index in [0.717, 1.165) is 6.07 Å². The second-order valence-corrected chi connectivity index (χ2v) is 3.90. The predicted molar refractivity (Wildman–Crippen MR) is 64.0 cm³/mol. The summed E-state index contributed by atoms with van der Waals surface area (Å²) in [5, 5.41) is 18.8. The second kappa shape index (κ2) is 4.54. The summed E-state index contributed by atoms with van der Waals surface area (Å²) in [6, 6.07) is 6.79. The van der Waals surface area contributed by atoms with Crippen molar-refractivity contribution >= 4 is 17.6 Å². The summed E-state index contributed by atoms with van der Waals surface area (Å²) < 4.78 is 4.98. The van der Waals surface area contributed by atoms with Crippen LogP contribution >= 0.6 is 11.6 Å². The number of carboxylic acids is 1. The highest BCUT2D eigenvalue weighted by Gasteiger charge is 2.16. The van der Waals surface area contributed by atoms with Gasteiger partial charge in [-0.25, -0.2) is 4.79 Å². The Kier molecular flexibility index (Phi) is 3.08. The summed E-state index contributed by atoms with van der Waals surface area (Å²) in [5.74, 6) is -2.76. The molecule has 1 aromatic carbocycles. The summed E-state index contributed by atoms with van der Waals surface area (Å²) >= 11 is 5.70. The van der Waals surface area contributed by atoms with Crippen molar-refractivity contribution in [3.63, 3.8) is 0 Å². The Balaban J connectivity index is 2.66. The van der Waals surface area contributed by atoms with Crippen LogP contribution in [0.1, 0.15) is 10.6 Å². The molecule has 6 heteroatoms. The van der Waals surface area contributed by atoms with Crippen LogP contribution in [0.15, 0.2) is 39.5 Å². The lowest BCUT2D eigenvalue weighted by Gasteiger charge is -2.04. The first-order valence-corrected chi connectivity index (χ1v) is 5.23. The number of hydrogen-bond donors (Lipinski definition) is 2. The monoisotopic (exact) mass is 266 g/mol. The highest BCUT2D eigenvalue weighted by molar-refractivity contribution is 6.30.